The molecule has 1 aliphatic rings. The molecule has 1 saturated heterocycles. The summed E-state index contributed by atoms with van der Waals surface area (Å²) in [4.78, 5) is 18.0. The molecule has 0 bridgehead atoms. The lowest BCUT2D eigenvalue weighted by Gasteiger charge is -2.37. The Labute approximate surface area is 148 Å². The molecule has 1 aromatic carbocycles. The quantitative estimate of drug-likeness (QED) is 0.499. The number of thioether (sulfide) groups is 1. The Morgan fingerprint density at radius 1 is 1.50 bits per heavy atom. The van der Waals surface area contributed by atoms with E-state index < -0.39 is 6.03 Å². The number of urea groups is 1. The Balaban J connectivity index is 0.00000139. The van der Waals surface area contributed by atoms with Crippen molar-refractivity contribution in [1.82, 2.24) is 0 Å². The Bertz CT molecular complexity index is 574. The van der Waals surface area contributed by atoms with E-state index in [0.717, 1.165) is 11.2 Å². The lowest BCUT2D eigenvalue weighted by molar-refractivity contribution is -0.120. The van der Waals surface area contributed by atoms with Gasteiger partial charge in [-0.25, -0.2) is 4.79 Å². The standard InChI is InChI=1S/C15H21N3O3S.C2H6/c1-15(7-20-8-15)9-21-11-5-4-6-12(22-3)13(11)18(2)14(19)17-10-16;1-2/h4-6,10H,7-9H2,1-3H3,(H2,16,17,19);1-2H3. The molecule has 0 spiro atoms. The molecule has 1 aliphatic heterocycles. The Kier molecular flexibility index (Phi) is 8.07. The molecule has 0 aromatic heterocycles. The predicted molar refractivity (Wildman–Crippen MR) is 100 cm³/mol. The highest BCUT2D eigenvalue weighted by Crippen LogP contribution is 2.38. The van der Waals surface area contributed by atoms with Gasteiger partial charge in [-0.2, -0.15) is 4.99 Å². The minimum atomic E-state index is -0.438. The molecule has 2 rings (SSSR count). The maximum atomic E-state index is 12.0. The summed E-state index contributed by atoms with van der Waals surface area (Å²) in [7, 11) is 1.66. The molecular weight excluding hydrogens is 326 g/mol. The SMILES string of the molecule is CC.CSc1cccc(OCC2(C)COC2)c1N(C)C(=O)/N=C/N. The summed E-state index contributed by atoms with van der Waals surface area (Å²) >= 11 is 1.54. The second-order valence-electron chi connectivity index (χ2n) is 5.52. The predicted octanol–water partition coefficient (Wildman–Crippen LogP) is 3.39. The van der Waals surface area contributed by atoms with Crippen LogP contribution in [0.25, 0.3) is 0 Å². The summed E-state index contributed by atoms with van der Waals surface area (Å²) in [6.07, 6.45) is 2.95. The third-order valence-electron chi connectivity index (χ3n) is 3.47. The molecule has 1 aromatic rings. The van der Waals surface area contributed by atoms with Gasteiger partial charge in [-0.1, -0.05) is 26.8 Å². The number of hydrogen-bond acceptors (Lipinski definition) is 4. The zero-order chi connectivity index (χ0) is 18.2. The average Bonchev–Trinajstić information content (AvgIpc) is 2.59. The number of hydrogen-bond donors (Lipinski definition) is 1. The van der Waals surface area contributed by atoms with Gasteiger partial charge in [0.15, 0.2) is 0 Å². The van der Waals surface area contributed by atoms with Gasteiger partial charge in [0, 0.05) is 17.4 Å². The second-order valence-corrected chi connectivity index (χ2v) is 6.37. The van der Waals surface area contributed by atoms with Crippen LogP contribution >= 0.6 is 11.8 Å². The van der Waals surface area contributed by atoms with Crippen LogP contribution in [0.3, 0.4) is 0 Å². The number of nitrogens with zero attached hydrogens (tertiary/aromatic N) is 2. The molecule has 1 heterocycles. The van der Waals surface area contributed by atoms with Gasteiger partial charge in [-0.15, -0.1) is 11.8 Å². The normalized spacial score (nSPS) is 15.2. The van der Waals surface area contributed by atoms with E-state index in [9.17, 15) is 4.79 Å². The molecule has 134 valence electrons. The van der Waals surface area contributed by atoms with Gasteiger partial charge < -0.3 is 15.2 Å². The number of aliphatic imine (C=N–C) groups is 1. The number of carbonyl (C=O) groups excluding carboxylic acids is 1. The summed E-state index contributed by atoms with van der Waals surface area (Å²) in [6.45, 7) is 8.04. The van der Waals surface area contributed by atoms with Crippen LogP contribution in [0.1, 0.15) is 20.8 Å². The van der Waals surface area contributed by atoms with Gasteiger partial charge in [-0.3, -0.25) is 4.90 Å². The lowest BCUT2D eigenvalue weighted by Crippen LogP contribution is -2.44. The van der Waals surface area contributed by atoms with Crippen LogP contribution in [0.15, 0.2) is 28.1 Å². The van der Waals surface area contributed by atoms with E-state index in [0.29, 0.717) is 31.3 Å². The highest BCUT2D eigenvalue weighted by molar-refractivity contribution is 7.98. The van der Waals surface area contributed by atoms with Crippen LogP contribution < -0.4 is 15.4 Å². The first kappa shape index (κ1) is 20.3. The van der Waals surface area contributed by atoms with E-state index in [4.69, 9.17) is 15.2 Å². The summed E-state index contributed by atoms with van der Waals surface area (Å²) in [5, 5.41) is 0. The third-order valence-corrected chi connectivity index (χ3v) is 4.24. The van der Waals surface area contributed by atoms with E-state index in [1.807, 2.05) is 38.3 Å². The van der Waals surface area contributed by atoms with Crippen molar-refractivity contribution in [3.63, 3.8) is 0 Å². The monoisotopic (exact) mass is 353 g/mol. The van der Waals surface area contributed by atoms with Crippen LogP contribution in [0.4, 0.5) is 10.5 Å². The Morgan fingerprint density at radius 2 is 2.17 bits per heavy atom. The highest BCUT2D eigenvalue weighted by atomic mass is 32.2. The fourth-order valence-electron chi connectivity index (χ4n) is 2.15. The third kappa shape index (κ3) is 4.88. The molecule has 2 amide bonds. The molecule has 0 radical (unpaired) electrons. The average molecular weight is 353 g/mol. The maximum Gasteiger partial charge on any atom is 0.349 e. The second kappa shape index (κ2) is 9.54. The number of nitrogens with two attached hydrogens (primary N) is 1. The fourth-order valence-corrected chi connectivity index (χ4v) is 2.79. The van der Waals surface area contributed by atoms with Gasteiger partial charge in [-0.05, 0) is 18.4 Å². The minimum absolute atomic E-state index is 0.0324. The first-order valence-electron chi connectivity index (χ1n) is 7.90. The molecule has 1 fully saturated rings. The number of rotatable bonds is 5. The molecule has 7 heteroatoms. The number of carbonyl (C=O) groups is 1. The van der Waals surface area contributed by atoms with Gasteiger partial charge in [0.1, 0.15) is 11.4 Å². The first-order chi connectivity index (χ1) is 11.5. The van der Waals surface area contributed by atoms with E-state index >= 15 is 0 Å². The summed E-state index contributed by atoms with van der Waals surface area (Å²) < 4.78 is 11.2. The first-order valence-corrected chi connectivity index (χ1v) is 9.13. The van der Waals surface area contributed by atoms with Crippen molar-refractivity contribution in [3.05, 3.63) is 18.2 Å². The van der Waals surface area contributed by atoms with E-state index in [-0.39, 0.29) is 5.41 Å². The van der Waals surface area contributed by atoms with Crippen molar-refractivity contribution in [2.75, 3.05) is 38.0 Å². The van der Waals surface area contributed by atoms with Crippen molar-refractivity contribution in [3.8, 4) is 5.75 Å². The summed E-state index contributed by atoms with van der Waals surface area (Å²) in [5.74, 6) is 0.656. The number of amides is 2. The van der Waals surface area contributed by atoms with Crippen molar-refractivity contribution < 1.29 is 14.3 Å². The maximum absolute atomic E-state index is 12.0. The van der Waals surface area contributed by atoms with Crippen LogP contribution in [0.5, 0.6) is 5.75 Å². The Hall–Kier alpha value is -1.73. The minimum Gasteiger partial charge on any atom is -0.491 e. The summed E-state index contributed by atoms with van der Waals surface area (Å²) in [5.41, 5.74) is 5.94. The molecule has 0 aliphatic carbocycles. The molecule has 0 unspecified atom stereocenters. The van der Waals surface area contributed by atoms with E-state index in [2.05, 4.69) is 11.9 Å². The lowest BCUT2D eigenvalue weighted by atomic mass is 9.90. The molecule has 6 nitrogen and oxygen atoms in total. The smallest absolute Gasteiger partial charge is 0.349 e. The van der Waals surface area contributed by atoms with Crippen molar-refractivity contribution in [1.29, 1.82) is 0 Å². The number of ether oxygens (including phenoxy) is 2. The molecule has 0 saturated carbocycles. The number of anilines is 1. The van der Waals surface area contributed by atoms with Crippen LogP contribution in [0.2, 0.25) is 0 Å². The number of benzene rings is 1. The molecule has 2 N–H and O–H groups in total. The fraction of sp³-hybridized carbons (Fsp3) is 0.529. The van der Waals surface area contributed by atoms with Crippen molar-refractivity contribution in [2.24, 2.45) is 16.1 Å². The Morgan fingerprint density at radius 3 is 2.67 bits per heavy atom. The zero-order valence-corrected chi connectivity index (χ0v) is 15.9. The highest BCUT2D eigenvalue weighted by Gasteiger charge is 2.34. The largest absolute Gasteiger partial charge is 0.491 e. The zero-order valence-electron chi connectivity index (χ0n) is 15.0. The molecule has 24 heavy (non-hydrogen) atoms. The van der Waals surface area contributed by atoms with Gasteiger partial charge in [0.2, 0.25) is 0 Å². The van der Waals surface area contributed by atoms with Crippen LogP contribution in [0, 0.1) is 5.41 Å². The number of para-hydroxylation sites is 1. The van der Waals surface area contributed by atoms with Crippen LogP contribution in [-0.2, 0) is 4.74 Å². The van der Waals surface area contributed by atoms with E-state index in [1.54, 1.807) is 18.8 Å². The van der Waals surface area contributed by atoms with Crippen LogP contribution in [-0.4, -0.2) is 45.5 Å². The summed E-state index contributed by atoms with van der Waals surface area (Å²) in [6, 6.07) is 5.27. The van der Waals surface area contributed by atoms with Crippen molar-refractivity contribution in [2.45, 2.75) is 25.7 Å². The van der Waals surface area contributed by atoms with Crippen molar-refractivity contribution >= 4 is 29.8 Å². The van der Waals surface area contributed by atoms with E-state index in [1.165, 1.54) is 4.90 Å². The van der Waals surface area contributed by atoms with Gasteiger partial charge >= 0.3 is 6.03 Å². The van der Waals surface area contributed by atoms with Gasteiger partial charge in [0.25, 0.3) is 0 Å². The van der Waals surface area contributed by atoms with Gasteiger partial charge in [0.05, 0.1) is 26.2 Å². The molecule has 0 atom stereocenters. The topological polar surface area (TPSA) is 77.2 Å². The molecular formula is C17H27N3O3S.